The van der Waals surface area contributed by atoms with Crippen LogP contribution in [-0.4, -0.2) is 19.2 Å². The van der Waals surface area contributed by atoms with Gasteiger partial charge in [-0.15, -0.1) is 11.3 Å². The first-order valence-electron chi connectivity index (χ1n) is 6.80. The molecule has 2 atom stereocenters. The fourth-order valence-corrected chi connectivity index (χ4v) is 3.60. The van der Waals surface area contributed by atoms with Crippen LogP contribution in [0.15, 0.2) is 12.1 Å². The minimum atomic E-state index is 0.353. The standard InChI is InChI=1S/C14H21NOS/c1-2-12-5-6-13(17-12)14-10(7-8-16-14)9-15-11-3-4-11/h5-6,10-11,14-15H,2-4,7-9H2,1H3. The van der Waals surface area contributed by atoms with E-state index < -0.39 is 0 Å². The third-order valence-electron chi connectivity index (χ3n) is 3.77. The van der Waals surface area contributed by atoms with E-state index in [2.05, 4.69) is 24.4 Å². The Balaban J connectivity index is 1.63. The fourth-order valence-electron chi connectivity index (χ4n) is 2.50. The summed E-state index contributed by atoms with van der Waals surface area (Å²) in [6, 6.07) is 5.34. The van der Waals surface area contributed by atoms with E-state index >= 15 is 0 Å². The van der Waals surface area contributed by atoms with Crippen LogP contribution >= 0.6 is 11.3 Å². The van der Waals surface area contributed by atoms with Crippen molar-refractivity contribution in [2.24, 2.45) is 5.92 Å². The Morgan fingerprint density at radius 2 is 2.24 bits per heavy atom. The normalized spacial score (nSPS) is 28.8. The Bertz CT molecular complexity index is 372. The summed E-state index contributed by atoms with van der Waals surface area (Å²) in [4.78, 5) is 2.91. The summed E-state index contributed by atoms with van der Waals surface area (Å²) in [5.41, 5.74) is 0. The Kier molecular flexibility index (Phi) is 3.50. The van der Waals surface area contributed by atoms with Crippen molar-refractivity contribution >= 4 is 11.3 Å². The van der Waals surface area contributed by atoms with Gasteiger partial charge in [0.25, 0.3) is 0 Å². The van der Waals surface area contributed by atoms with Crippen molar-refractivity contribution in [2.75, 3.05) is 13.2 Å². The molecule has 2 fully saturated rings. The number of ether oxygens (including phenoxy) is 1. The first-order chi connectivity index (χ1) is 8.36. The average molecular weight is 251 g/mol. The van der Waals surface area contributed by atoms with E-state index in [9.17, 15) is 0 Å². The monoisotopic (exact) mass is 251 g/mol. The van der Waals surface area contributed by atoms with Crippen LogP contribution in [0.4, 0.5) is 0 Å². The first-order valence-corrected chi connectivity index (χ1v) is 7.62. The van der Waals surface area contributed by atoms with Crippen LogP contribution in [0, 0.1) is 5.92 Å². The number of hydrogen-bond donors (Lipinski definition) is 1. The minimum Gasteiger partial charge on any atom is -0.372 e. The highest BCUT2D eigenvalue weighted by Gasteiger charge is 2.32. The molecule has 1 aliphatic carbocycles. The van der Waals surface area contributed by atoms with E-state index in [-0.39, 0.29) is 0 Å². The molecule has 1 N–H and O–H groups in total. The number of rotatable bonds is 5. The molecule has 0 amide bonds. The molecule has 1 aliphatic heterocycles. The van der Waals surface area contributed by atoms with Crippen molar-refractivity contribution in [3.05, 3.63) is 21.9 Å². The molecule has 0 aromatic carbocycles. The summed E-state index contributed by atoms with van der Waals surface area (Å²) >= 11 is 1.93. The molecule has 17 heavy (non-hydrogen) atoms. The quantitative estimate of drug-likeness (QED) is 0.868. The van der Waals surface area contributed by atoms with Gasteiger partial charge in [-0.3, -0.25) is 0 Å². The highest BCUT2D eigenvalue weighted by atomic mass is 32.1. The number of nitrogens with one attached hydrogen (secondary N) is 1. The topological polar surface area (TPSA) is 21.3 Å². The van der Waals surface area contributed by atoms with Gasteiger partial charge in [-0.1, -0.05) is 6.92 Å². The van der Waals surface area contributed by atoms with E-state index in [0.29, 0.717) is 12.0 Å². The van der Waals surface area contributed by atoms with Crippen molar-refractivity contribution in [3.8, 4) is 0 Å². The molecule has 2 aliphatic rings. The van der Waals surface area contributed by atoms with E-state index in [4.69, 9.17) is 4.74 Å². The first kappa shape index (κ1) is 11.7. The lowest BCUT2D eigenvalue weighted by molar-refractivity contribution is 0.0933. The lowest BCUT2D eigenvalue weighted by Gasteiger charge is -2.17. The Hall–Kier alpha value is -0.380. The van der Waals surface area contributed by atoms with Gasteiger partial charge in [0.15, 0.2) is 0 Å². The molecular weight excluding hydrogens is 230 g/mol. The third-order valence-corrected chi connectivity index (χ3v) is 5.06. The molecule has 1 aromatic heterocycles. The molecule has 3 rings (SSSR count). The van der Waals surface area contributed by atoms with Gasteiger partial charge in [0.2, 0.25) is 0 Å². The Morgan fingerprint density at radius 1 is 1.35 bits per heavy atom. The van der Waals surface area contributed by atoms with Crippen LogP contribution < -0.4 is 5.32 Å². The van der Waals surface area contributed by atoms with Gasteiger partial charge in [0.1, 0.15) is 0 Å². The van der Waals surface area contributed by atoms with E-state index in [1.54, 1.807) is 0 Å². The van der Waals surface area contributed by atoms with Crippen molar-refractivity contribution in [1.29, 1.82) is 0 Å². The summed E-state index contributed by atoms with van der Waals surface area (Å²) in [7, 11) is 0. The van der Waals surface area contributed by atoms with Crippen molar-refractivity contribution in [2.45, 2.75) is 44.8 Å². The van der Waals surface area contributed by atoms with Crippen LogP contribution in [0.1, 0.15) is 42.0 Å². The molecular formula is C14H21NOS. The zero-order chi connectivity index (χ0) is 11.7. The summed E-state index contributed by atoms with van der Waals surface area (Å²) in [6.07, 6.45) is 5.45. The molecule has 94 valence electrons. The summed E-state index contributed by atoms with van der Waals surface area (Å²) in [6.45, 7) is 4.28. The zero-order valence-electron chi connectivity index (χ0n) is 10.4. The maximum Gasteiger partial charge on any atom is 0.0957 e. The van der Waals surface area contributed by atoms with E-state index in [0.717, 1.165) is 25.6 Å². The molecule has 0 spiro atoms. The largest absolute Gasteiger partial charge is 0.372 e. The van der Waals surface area contributed by atoms with Crippen molar-refractivity contribution in [3.63, 3.8) is 0 Å². The third kappa shape index (κ3) is 2.72. The maximum atomic E-state index is 5.93. The lowest BCUT2D eigenvalue weighted by atomic mass is 10.0. The van der Waals surface area contributed by atoms with Crippen LogP contribution in [-0.2, 0) is 11.2 Å². The highest BCUT2D eigenvalue weighted by Crippen LogP contribution is 2.38. The number of thiophene rings is 1. The maximum absolute atomic E-state index is 5.93. The lowest BCUT2D eigenvalue weighted by Crippen LogP contribution is -2.26. The smallest absolute Gasteiger partial charge is 0.0957 e. The molecule has 1 aromatic rings. The molecule has 2 nitrogen and oxygen atoms in total. The van der Waals surface area contributed by atoms with Gasteiger partial charge >= 0.3 is 0 Å². The van der Waals surface area contributed by atoms with Gasteiger partial charge in [-0.05, 0) is 37.8 Å². The molecule has 3 heteroatoms. The van der Waals surface area contributed by atoms with Gasteiger partial charge in [0.05, 0.1) is 6.10 Å². The van der Waals surface area contributed by atoms with Crippen molar-refractivity contribution < 1.29 is 4.74 Å². The minimum absolute atomic E-state index is 0.353. The predicted octanol–water partition coefficient (Wildman–Crippen LogP) is 3.14. The van der Waals surface area contributed by atoms with Gasteiger partial charge in [-0.2, -0.15) is 0 Å². The SMILES string of the molecule is CCc1ccc(C2OCCC2CNC2CC2)s1. The van der Waals surface area contributed by atoms with Gasteiger partial charge in [-0.25, -0.2) is 0 Å². The molecule has 1 saturated carbocycles. The number of hydrogen-bond acceptors (Lipinski definition) is 3. The summed E-state index contributed by atoms with van der Waals surface area (Å²) < 4.78 is 5.93. The second-order valence-electron chi connectivity index (χ2n) is 5.18. The zero-order valence-corrected chi connectivity index (χ0v) is 11.3. The van der Waals surface area contributed by atoms with Crippen LogP contribution in [0.5, 0.6) is 0 Å². The van der Waals surface area contributed by atoms with Gasteiger partial charge in [0, 0.05) is 34.9 Å². The summed E-state index contributed by atoms with van der Waals surface area (Å²) in [5, 5.41) is 3.64. The molecule has 2 unspecified atom stereocenters. The summed E-state index contributed by atoms with van der Waals surface area (Å²) in [5.74, 6) is 0.680. The van der Waals surface area contributed by atoms with E-state index in [1.807, 2.05) is 11.3 Å². The molecule has 2 heterocycles. The van der Waals surface area contributed by atoms with Crippen LogP contribution in [0.25, 0.3) is 0 Å². The predicted molar refractivity (Wildman–Crippen MR) is 71.5 cm³/mol. The molecule has 0 bridgehead atoms. The van der Waals surface area contributed by atoms with Gasteiger partial charge < -0.3 is 10.1 Å². The number of aryl methyl sites for hydroxylation is 1. The Morgan fingerprint density at radius 3 is 2.94 bits per heavy atom. The second kappa shape index (κ2) is 5.09. The molecule has 0 radical (unpaired) electrons. The highest BCUT2D eigenvalue weighted by molar-refractivity contribution is 7.12. The van der Waals surface area contributed by atoms with Crippen LogP contribution in [0.2, 0.25) is 0 Å². The fraction of sp³-hybridized carbons (Fsp3) is 0.714. The van der Waals surface area contributed by atoms with E-state index in [1.165, 1.54) is 29.0 Å². The Labute approximate surface area is 107 Å². The second-order valence-corrected chi connectivity index (χ2v) is 6.38. The molecule has 1 saturated heterocycles. The average Bonchev–Trinajstić information content (AvgIpc) is 2.89. The van der Waals surface area contributed by atoms with Crippen molar-refractivity contribution in [1.82, 2.24) is 5.32 Å². The van der Waals surface area contributed by atoms with Crippen LogP contribution in [0.3, 0.4) is 0 Å².